The molecular formula is C11H20N2O3. The van der Waals surface area contributed by atoms with E-state index in [-0.39, 0.29) is 12.0 Å². The van der Waals surface area contributed by atoms with E-state index in [1.54, 1.807) is 0 Å². The number of hydrogen-bond donors (Lipinski definition) is 2. The highest BCUT2D eigenvalue weighted by atomic mass is 16.6. The number of rotatable bonds is 4. The van der Waals surface area contributed by atoms with E-state index >= 15 is 0 Å². The van der Waals surface area contributed by atoms with Crippen molar-refractivity contribution in [3.63, 3.8) is 0 Å². The summed E-state index contributed by atoms with van der Waals surface area (Å²) in [6.07, 6.45) is 2.45. The summed E-state index contributed by atoms with van der Waals surface area (Å²) in [6.45, 7) is 4.60. The minimum absolute atomic E-state index is 0.0248. The second-order valence-corrected chi connectivity index (χ2v) is 4.30. The van der Waals surface area contributed by atoms with E-state index in [4.69, 9.17) is 10.5 Å². The highest BCUT2D eigenvalue weighted by Crippen LogP contribution is 2.10. The summed E-state index contributed by atoms with van der Waals surface area (Å²) in [5, 5.41) is 2.98. The van der Waals surface area contributed by atoms with Gasteiger partial charge in [-0.25, -0.2) is 9.59 Å². The molecule has 0 radical (unpaired) electrons. The molecule has 0 amide bonds. The van der Waals surface area contributed by atoms with E-state index in [1.165, 1.54) is 0 Å². The summed E-state index contributed by atoms with van der Waals surface area (Å²) in [6, 6.07) is -1.05. The Morgan fingerprint density at radius 2 is 2.25 bits per heavy atom. The second-order valence-electron chi connectivity index (χ2n) is 4.30. The van der Waals surface area contributed by atoms with Gasteiger partial charge in [-0.05, 0) is 25.3 Å². The standard InChI is InChI=1S/C11H20N2O3/c1-3-7(2)9(12)11(15)16-10(14)8-5-4-6-13-8/h7-9,13H,3-6,12H2,1-2H3/t7-,8-,9-/m0/s1. The van der Waals surface area contributed by atoms with Crippen LogP contribution in [0.4, 0.5) is 0 Å². The number of carbonyl (C=O) groups excluding carboxylic acids is 2. The molecule has 1 fully saturated rings. The smallest absolute Gasteiger partial charge is 0.330 e. The third-order valence-electron chi connectivity index (χ3n) is 3.08. The maximum atomic E-state index is 11.5. The van der Waals surface area contributed by atoms with Crippen LogP contribution in [-0.4, -0.2) is 30.6 Å². The fourth-order valence-electron chi connectivity index (χ4n) is 1.61. The van der Waals surface area contributed by atoms with E-state index in [1.807, 2.05) is 13.8 Å². The first-order chi connectivity index (χ1) is 7.56. The zero-order valence-corrected chi connectivity index (χ0v) is 9.86. The molecule has 0 spiro atoms. The molecule has 0 aliphatic carbocycles. The van der Waals surface area contributed by atoms with Crippen LogP contribution in [0, 0.1) is 5.92 Å². The quantitative estimate of drug-likeness (QED) is 0.530. The van der Waals surface area contributed by atoms with Crippen LogP contribution in [0.5, 0.6) is 0 Å². The van der Waals surface area contributed by atoms with Gasteiger partial charge < -0.3 is 15.8 Å². The Balaban J connectivity index is 2.41. The Hall–Kier alpha value is -0.940. The summed E-state index contributed by atoms with van der Waals surface area (Å²) in [5.74, 6) is -1.09. The summed E-state index contributed by atoms with van der Waals surface area (Å²) in [7, 11) is 0. The summed E-state index contributed by atoms with van der Waals surface area (Å²) in [4.78, 5) is 23.0. The van der Waals surface area contributed by atoms with Crippen LogP contribution < -0.4 is 11.1 Å². The van der Waals surface area contributed by atoms with Gasteiger partial charge in [0.2, 0.25) is 0 Å². The van der Waals surface area contributed by atoms with Gasteiger partial charge in [0.1, 0.15) is 12.1 Å². The summed E-state index contributed by atoms with van der Waals surface area (Å²) >= 11 is 0. The van der Waals surface area contributed by atoms with Crippen molar-refractivity contribution in [3.05, 3.63) is 0 Å². The Bertz CT molecular complexity index is 262. The van der Waals surface area contributed by atoms with E-state index in [0.717, 1.165) is 25.8 Å². The molecule has 92 valence electrons. The SMILES string of the molecule is CC[C@H](C)[C@H](N)C(=O)OC(=O)[C@@H]1CCCN1. The molecule has 5 heteroatoms. The molecule has 1 rings (SSSR count). The second kappa shape index (κ2) is 5.96. The van der Waals surface area contributed by atoms with Crippen LogP contribution in [0.3, 0.4) is 0 Å². The zero-order chi connectivity index (χ0) is 12.1. The van der Waals surface area contributed by atoms with E-state index in [9.17, 15) is 9.59 Å². The van der Waals surface area contributed by atoms with E-state index < -0.39 is 18.0 Å². The molecule has 16 heavy (non-hydrogen) atoms. The number of nitrogens with one attached hydrogen (secondary N) is 1. The van der Waals surface area contributed by atoms with Crippen molar-refractivity contribution in [2.45, 2.75) is 45.2 Å². The Labute approximate surface area is 95.7 Å². The third kappa shape index (κ3) is 3.28. The molecule has 0 unspecified atom stereocenters. The highest BCUT2D eigenvalue weighted by molar-refractivity contribution is 5.91. The summed E-state index contributed by atoms with van der Waals surface area (Å²) < 4.78 is 4.75. The fourth-order valence-corrected chi connectivity index (χ4v) is 1.61. The lowest BCUT2D eigenvalue weighted by Gasteiger charge is -2.17. The maximum Gasteiger partial charge on any atom is 0.330 e. The van der Waals surface area contributed by atoms with E-state index in [2.05, 4.69) is 5.32 Å². The molecule has 1 aliphatic rings. The van der Waals surface area contributed by atoms with Crippen LogP contribution in [0.15, 0.2) is 0 Å². The average Bonchev–Trinajstić information content (AvgIpc) is 2.80. The number of nitrogens with two attached hydrogens (primary N) is 1. The number of carbonyl (C=O) groups is 2. The van der Waals surface area contributed by atoms with Crippen molar-refractivity contribution in [2.24, 2.45) is 11.7 Å². The number of hydrogen-bond acceptors (Lipinski definition) is 5. The third-order valence-corrected chi connectivity index (χ3v) is 3.08. The Morgan fingerprint density at radius 3 is 2.75 bits per heavy atom. The molecule has 1 heterocycles. The van der Waals surface area contributed by atoms with Gasteiger partial charge in [0.25, 0.3) is 0 Å². The fraction of sp³-hybridized carbons (Fsp3) is 0.818. The van der Waals surface area contributed by atoms with Gasteiger partial charge >= 0.3 is 11.9 Å². The van der Waals surface area contributed by atoms with Crippen molar-refractivity contribution in [2.75, 3.05) is 6.54 Å². The van der Waals surface area contributed by atoms with Crippen molar-refractivity contribution >= 4 is 11.9 Å². The highest BCUT2D eigenvalue weighted by Gasteiger charge is 2.29. The molecule has 1 aliphatic heterocycles. The first-order valence-electron chi connectivity index (χ1n) is 5.80. The monoisotopic (exact) mass is 228 g/mol. The van der Waals surface area contributed by atoms with Crippen LogP contribution in [0.1, 0.15) is 33.1 Å². The molecule has 0 aromatic heterocycles. The average molecular weight is 228 g/mol. The van der Waals surface area contributed by atoms with Gasteiger partial charge in [-0.2, -0.15) is 0 Å². The molecular weight excluding hydrogens is 208 g/mol. The Morgan fingerprint density at radius 1 is 1.56 bits per heavy atom. The van der Waals surface area contributed by atoms with Crippen molar-refractivity contribution in [1.29, 1.82) is 0 Å². The lowest BCUT2D eigenvalue weighted by molar-refractivity contribution is -0.162. The minimum Gasteiger partial charge on any atom is -0.391 e. The molecule has 1 saturated heterocycles. The van der Waals surface area contributed by atoms with Gasteiger partial charge in [-0.3, -0.25) is 0 Å². The maximum absolute atomic E-state index is 11.5. The predicted molar refractivity (Wildman–Crippen MR) is 59.6 cm³/mol. The zero-order valence-electron chi connectivity index (χ0n) is 9.86. The molecule has 3 atom stereocenters. The number of ether oxygens (including phenoxy) is 1. The van der Waals surface area contributed by atoms with Crippen molar-refractivity contribution in [3.8, 4) is 0 Å². The van der Waals surface area contributed by atoms with E-state index in [0.29, 0.717) is 0 Å². The first kappa shape index (κ1) is 13.1. The predicted octanol–water partition coefficient (Wildman–Crippen LogP) is 0.182. The van der Waals surface area contributed by atoms with Gasteiger partial charge in [0.05, 0.1) is 0 Å². The van der Waals surface area contributed by atoms with Gasteiger partial charge in [-0.1, -0.05) is 20.3 Å². The van der Waals surface area contributed by atoms with Crippen LogP contribution >= 0.6 is 0 Å². The lowest BCUT2D eigenvalue weighted by atomic mass is 10.0. The first-order valence-corrected chi connectivity index (χ1v) is 5.80. The lowest BCUT2D eigenvalue weighted by Crippen LogP contribution is -2.42. The van der Waals surface area contributed by atoms with Gasteiger partial charge in [0.15, 0.2) is 0 Å². The van der Waals surface area contributed by atoms with Crippen LogP contribution in [0.2, 0.25) is 0 Å². The molecule has 0 bridgehead atoms. The number of esters is 2. The molecule has 5 nitrogen and oxygen atoms in total. The Kier molecular flexibility index (Phi) is 4.89. The normalized spacial score (nSPS) is 23.8. The molecule has 0 aromatic carbocycles. The van der Waals surface area contributed by atoms with Crippen molar-refractivity contribution < 1.29 is 14.3 Å². The van der Waals surface area contributed by atoms with Gasteiger partial charge in [0, 0.05) is 0 Å². The van der Waals surface area contributed by atoms with Crippen LogP contribution in [0.25, 0.3) is 0 Å². The largest absolute Gasteiger partial charge is 0.391 e. The topological polar surface area (TPSA) is 81.4 Å². The van der Waals surface area contributed by atoms with Crippen LogP contribution in [-0.2, 0) is 14.3 Å². The molecule has 3 N–H and O–H groups in total. The minimum atomic E-state index is -0.713. The van der Waals surface area contributed by atoms with Gasteiger partial charge in [-0.15, -0.1) is 0 Å². The summed E-state index contributed by atoms with van der Waals surface area (Å²) in [5.41, 5.74) is 5.67. The molecule has 0 aromatic rings. The van der Waals surface area contributed by atoms with Crippen molar-refractivity contribution in [1.82, 2.24) is 5.32 Å². The molecule has 0 saturated carbocycles.